The van der Waals surface area contributed by atoms with Gasteiger partial charge in [-0.3, -0.25) is 9.78 Å². The van der Waals surface area contributed by atoms with Gasteiger partial charge in [0.25, 0.3) is 0 Å². The molecule has 37 heavy (non-hydrogen) atoms. The second kappa shape index (κ2) is 11.5. The van der Waals surface area contributed by atoms with E-state index in [9.17, 15) is 14.7 Å². The van der Waals surface area contributed by atoms with E-state index in [1.807, 2.05) is 56.3 Å². The smallest absolute Gasteiger partial charge is 0.544 e. The van der Waals surface area contributed by atoms with Crippen molar-refractivity contribution in [2.24, 2.45) is 11.8 Å². The molecule has 1 saturated carbocycles. The van der Waals surface area contributed by atoms with Crippen LogP contribution in [0.15, 0.2) is 59.3 Å². The molecule has 0 bridgehead atoms. The molecule has 1 aromatic carbocycles. The molecule has 1 aliphatic rings. The Morgan fingerprint density at radius 1 is 1.05 bits per heavy atom. The number of rotatable bonds is 6. The van der Waals surface area contributed by atoms with Gasteiger partial charge in [0, 0.05) is 40.2 Å². The fourth-order valence-corrected chi connectivity index (χ4v) is 6.02. The molecule has 6 nitrogen and oxygen atoms in total. The van der Waals surface area contributed by atoms with Crippen molar-refractivity contribution >= 4 is 39.9 Å². The average Bonchev–Trinajstić information content (AvgIpc) is 3.49. The number of aromatic carboxylic acids is 1. The monoisotopic (exact) mass is 524 g/mol. The summed E-state index contributed by atoms with van der Waals surface area (Å²) in [6.07, 6.45) is 7.21. The van der Waals surface area contributed by atoms with Crippen LogP contribution in [0.4, 0.5) is 5.69 Å². The second-order valence-electron chi connectivity index (χ2n) is 9.97. The number of fused-ring (bicyclic) bond motifs is 1. The maximum absolute atomic E-state index is 13.5. The first-order valence-corrected chi connectivity index (χ1v) is 13.3. The predicted octanol–water partition coefficient (Wildman–Crippen LogP) is 3.16. The Morgan fingerprint density at radius 2 is 1.73 bits per heavy atom. The minimum absolute atomic E-state index is 0. The van der Waals surface area contributed by atoms with Gasteiger partial charge >= 0.3 is 29.6 Å². The zero-order valence-corrected chi connectivity index (χ0v) is 24.5. The van der Waals surface area contributed by atoms with Crippen LogP contribution >= 0.6 is 11.3 Å². The number of anilines is 1. The van der Waals surface area contributed by atoms with Gasteiger partial charge in [-0.15, -0.1) is 11.3 Å². The first-order valence-electron chi connectivity index (χ1n) is 12.4. The Morgan fingerprint density at radius 3 is 2.35 bits per heavy atom. The molecule has 8 heteroatoms. The minimum Gasteiger partial charge on any atom is -0.544 e. The van der Waals surface area contributed by atoms with Crippen LogP contribution in [-0.2, 0) is 4.79 Å². The van der Waals surface area contributed by atoms with Crippen molar-refractivity contribution in [3.05, 3.63) is 59.7 Å². The van der Waals surface area contributed by atoms with Gasteiger partial charge in [-0.1, -0.05) is 31.2 Å². The SMILES string of the molecule is CC(C)N(c1cc(-c2ccc(-c3cc4cnccc4o3)cc2)sc1C(=O)[O-])C(=O)[C@H]1CC[C@H](C)CC1.[Na+]. The fourth-order valence-electron chi connectivity index (χ4n) is 5.03. The van der Waals surface area contributed by atoms with Crippen LogP contribution in [0.1, 0.15) is 56.1 Å². The van der Waals surface area contributed by atoms with Crippen LogP contribution < -0.4 is 39.6 Å². The summed E-state index contributed by atoms with van der Waals surface area (Å²) in [5.74, 6) is 0.0558. The van der Waals surface area contributed by atoms with E-state index in [0.29, 0.717) is 11.6 Å². The summed E-state index contributed by atoms with van der Waals surface area (Å²) in [6.45, 7) is 6.08. The summed E-state index contributed by atoms with van der Waals surface area (Å²) >= 11 is 1.15. The van der Waals surface area contributed by atoms with E-state index in [1.165, 1.54) is 0 Å². The van der Waals surface area contributed by atoms with E-state index in [-0.39, 0.29) is 52.3 Å². The van der Waals surface area contributed by atoms with Gasteiger partial charge in [-0.25, -0.2) is 0 Å². The van der Waals surface area contributed by atoms with Crippen LogP contribution in [-0.4, -0.2) is 22.9 Å². The number of furan rings is 1. The molecule has 3 aromatic heterocycles. The van der Waals surface area contributed by atoms with Crippen molar-refractivity contribution in [3.8, 4) is 21.8 Å². The molecule has 3 heterocycles. The number of amides is 1. The van der Waals surface area contributed by atoms with Crippen LogP contribution in [0.3, 0.4) is 0 Å². The third-order valence-corrected chi connectivity index (χ3v) is 8.20. The molecule has 0 aliphatic heterocycles. The van der Waals surface area contributed by atoms with E-state index in [1.54, 1.807) is 17.3 Å². The van der Waals surface area contributed by atoms with Crippen molar-refractivity contribution in [2.75, 3.05) is 4.90 Å². The number of carbonyl (C=O) groups is 2. The van der Waals surface area contributed by atoms with Gasteiger partial charge in [0.15, 0.2) is 0 Å². The zero-order valence-electron chi connectivity index (χ0n) is 21.7. The van der Waals surface area contributed by atoms with E-state index < -0.39 is 5.97 Å². The number of carboxylic acid groups (broad SMARTS) is 1. The third-order valence-electron chi connectivity index (χ3n) is 7.05. The molecule has 0 N–H and O–H groups in total. The molecule has 0 spiro atoms. The van der Waals surface area contributed by atoms with Gasteiger partial charge in [0.05, 0.1) is 16.5 Å². The molecular formula is C29H29N2NaO4S. The summed E-state index contributed by atoms with van der Waals surface area (Å²) in [5.41, 5.74) is 2.99. The van der Waals surface area contributed by atoms with Crippen LogP contribution in [0.2, 0.25) is 0 Å². The van der Waals surface area contributed by atoms with Crippen LogP contribution in [0.5, 0.6) is 0 Å². The molecule has 0 atom stereocenters. The summed E-state index contributed by atoms with van der Waals surface area (Å²) in [6, 6.07) is 13.2. The Kier molecular flexibility index (Phi) is 8.59. The number of hydrogen-bond acceptors (Lipinski definition) is 6. The van der Waals surface area contributed by atoms with Gasteiger partial charge in [0.1, 0.15) is 11.3 Å². The van der Waals surface area contributed by atoms with Gasteiger partial charge in [-0.05, 0) is 69.2 Å². The van der Waals surface area contributed by atoms with Crippen LogP contribution in [0, 0.1) is 11.8 Å². The van der Waals surface area contributed by atoms with E-state index in [0.717, 1.165) is 69.8 Å². The molecule has 0 unspecified atom stereocenters. The molecule has 0 saturated heterocycles. The third kappa shape index (κ3) is 5.70. The van der Waals surface area contributed by atoms with Gasteiger partial charge in [-0.2, -0.15) is 0 Å². The first-order chi connectivity index (χ1) is 17.3. The average molecular weight is 525 g/mol. The van der Waals surface area contributed by atoms with Crippen LogP contribution in [0.25, 0.3) is 32.7 Å². The number of aromatic nitrogens is 1. The largest absolute Gasteiger partial charge is 1.00 e. The number of hydrogen-bond donors (Lipinski definition) is 0. The van der Waals surface area contributed by atoms with E-state index >= 15 is 0 Å². The van der Waals surface area contributed by atoms with E-state index in [2.05, 4.69) is 11.9 Å². The van der Waals surface area contributed by atoms with Gasteiger partial charge < -0.3 is 19.2 Å². The summed E-state index contributed by atoms with van der Waals surface area (Å²) in [7, 11) is 0. The normalized spacial score (nSPS) is 17.5. The molecule has 4 aromatic rings. The Labute approximate surface area is 243 Å². The fraction of sp³-hybridized carbons (Fsp3) is 0.345. The second-order valence-corrected chi connectivity index (χ2v) is 11.0. The number of carboxylic acids is 1. The summed E-state index contributed by atoms with van der Waals surface area (Å²) in [5, 5.41) is 13.0. The van der Waals surface area contributed by atoms with E-state index in [4.69, 9.17) is 4.42 Å². The van der Waals surface area contributed by atoms with Crippen molar-refractivity contribution in [1.29, 1.82) is 0 Å². The summed E-state index contributed by atoms with van der Waals surface area (Å²) < 4.78 is 5.94. The number of carbonyl (C=O) groups excluding carboxylic acids is 2. The topological polar surface area (TPSA) is 86.5 Å². The molecule has 186 valence electrons. The van der Waals surface area contributed by atoms with Crippen molar-refractivity contribution in [2.45, 2.75) is 52.5 Å². The number of benzene rings is 1. The Balaban J connectivity index is 0.00000320. The molecule has 1 aliphatic carbocycles. The Hall–Kier alpha value is -2.45. The maximum Gasteiger partial charge on any atom is 1.00 e. The molecule has 0 radical (unpaired) electrons. The van der Waals surface area contributed by atoms with Gasteiger partial charge in [0.2, 0.25) is 5.91 Å². The predicted molar refractivity (Wildman–Crippen MR) is 141 cm³/mol. The minimum atomic E-state index is -1.26. The maximum atomic E-state index is 13.5. The number of thiophene rings is 1. The van der Waals surface area contributed by atoms with Crippen molar-refractivity contribution < 1.29 is 48.7 Å². The quantitative estimate of drug-likeness (QED) is 0.362. The summed E-state index contributed by atoms with van der Waals surface area (Å²) in [4.78, 5) is 32.3. The number of pyridine rings is 1. The van der Waals surface area contributed by atoms with Crippen molar-refractivity contribution in [3.63, 3.8) is 0 Å². The molecule has 1 amide bonds. The number of nitrogens with zero attached hydrogens (tertiary/aromatic N) is 2. The molecular weight excluding hydrogens is 495 g/mol. The van der Waals surface area contributed by atoms with Crippen molar-refractivity contribution in [1.82, 2.24) is 4.98 Å². The first kappa shape index (κ1) is 27.6. The Bertz CT molecular complexity index is 1370. The molecule has 5 rings (SSSR count). The standard InChI is InChI=1S/C29H30N2O4S.Na/c1-17(2)31(28(32)21-6-4-18(3)5-7-21)23-15-26(36-27(23)29(33)34)20-10-8-19(9-11-20)25-14-22-16-30-13-12-24(22)35-25;/h8-18,21H,4-7H2,1-3H3,(H,33,34);/q;+1/p-1/t18-,21-;. The zero-order chi connectivity index (χ0) is 25.4. The molecule has 1 fully saturated rings.